The van der Waals surface area contributed by atoms with Crippen molar-refractivity contribution < 1.29 is 31.2 Å². The Hall–Kier alpha value is -3.23. The van der Waals surface area contributed by atoms with Gasteiger partial charge in [-0.1, -0.05) is 12.5 Å². The number of piperidine rings is 2. The van der Waals surface area contributed by atoms with Gasteiger partial charge in [-0.2, -0.15) is 17.5 Å². The second-order valence-corrected chi connectivity index (χ2v) is 14.1. The van der Waals surface area contributed by atoms with Gasteiger partial charge in [-0.15, -0.1) is 0 Å². The maximum Gasteiger partial charge on any atom is 0.416 e. The maximum atomic E-state index is 13.6. The smallest absolute Gasteiger partial charge is 0.369 e. The normalized spacial score (nSPS) is 21.8. The van der Waals surface area contributed by atoms with E-state index in [0.717, 1.165) is 50.4 Å². The molecule has 1 N–H and O–H groups in total. The van der Waals surface area contributed by atoms with Crippen LogP contribution in [-0.2, 0) is 25.8 Å². The molecule has 0 spiro atoms. The van der Waals surface area contributed by atoms with E-state index in [1.54, 1.807) is 17.3 Å². The van der Waals surface area contributed by atoms with Crippen molar-refractivity contribution in [1.82, 2.24) is 24.4 Å². The Morgan fingerprint density at radius 2 is 1.67 bits per heavy atom. The number of carbonyl (C=O) groups excluding carboxylic acids is 2. The number of aromatic nitrogens is 1. The molecule has 2 aromatic rings. The molecule has 3 fully saturated rings. The van der Waals surface area contributed by atoms with Gasteiger partial charge in [0.1, 0.15) is 0 Å². The first-order chi connectivity index (χ1) is 21.4. The number of nitrogens with zero attached hydrogens (tertiary/aromatic N) is 5. The van der Waals surface area contributed by atoms with E-state index in [1.165, 1.54) is 17.3 Å². The summed E-state index contributed by atoms with van der Waals surface area (Å²) in [6.07, 6.45) is 1.95. The van der Waals surface area contributed by atoms with E-state index in [1.807, 2.05) is 12.1 Å². The molecule has 0 bridgehead atoms. The lowest BCUT2D eigenvalue weighted by atomic mass is 9.84. The molecule has 2 amide bonds. The number of hydrogen-bond acceptors (Lipinski definition) is 7. The second-order valence-electron chi connectivity index (χ2n) is 12.2. The lowest BCUT2D eigenvalue weighted by molar-refractivity contribution is -0.138. The highest BCUT2D eigenvalue weighted by Crippen LogP contribution is 2.34. The number of piperazine rings is 1. The predicted molar refractivity (Wildman–Crippen MR) is 163 cm³/mol. The summed E-state index contributed by atoms with van der Waals surface area (Å²) < 4.78 is 68.2. The Balaban J connectivity index is 1.24. The highest BCUT2D eigenvalue weighted by atomic mass is 32.2. The summed E-state index contributed by atoms with van der Waals surface area (Å²) in [4.78, 5) is 35.7. The third-order valence-corrected chi connectivity index (χ3v) is 11.4. The Kier molecular flexibility index (Phi) is 10.0. The first-order valence-electron chi connectivity index (χ1n) is 15.5. The lowest BCUT2D eigenvalue weighted by Crippen LogP contribution is -2.65. The van der Waals surface area contributed by atoms with Gasteiger partial charge in [0.15, 0.2) is 0 Å². The molecule has 5 rings (SSSR count). The molecule has 3 aliphatic rings. The number of halogens is 3. The number of rotatable bonds is 8. The average molecular weight is 651 g/mol. The van der Waals surface area contributed by atoms with Gasteiger partial charge in [-0.3, -0.25) is 19.5 Å². The van der Waals surface area contributed by atoms with Crippen molar-refractivity contribution in [1.29, 1.82) is 0 Å². The number of pyridine rings is 1. The molecule has 0 radical (unpaired) electrons. The quantitative estimate of drug-likeness (QED) is 0.467. The van der Waals surface area contributed by atoms with Crippen LogP contribution in [0.1, 0.15) is 51.0 Å². The van der Waals surface area contributed by atoms with Gasteiger partial charge in [-0.05, 0) is 56.0 Å². The van der Waals surface area contributed by atoms with Gasteiger partial charge >= 0.3 is 6.18 Å². The number of hydrogen-bond donors (Lipinski definition) is 1. The monoisotopic (exact) mass is 650 g/mol. The summed E-state index contributed by atoms with van der Waals surface area (Å²) in [5.41, 5.74) is -0.216. The molecule has 1 unspecified atom stereocenters. The zero-order chi connectivity index (χ0) is 32.2. The van der Waals surface area contributed by atoms with Gasteiger partial charge in [0.25, 0.3) is 0 Å². The molecule has 1 aromatic carbocycles. The Labute approximate surface area is 262 Å². The number of amides is 2. The van der Waals surface area contributed by atoms with Crippen LogP contribution in [0.15, 0.2) is 53.7 Å². The minimum absolute atomic E-state index is 0.0263. The van der Waals surface area contributed by atoms with Crippen LogP contribution in [0.4, 0.5) is 18.9 Å². The van der Waals surface area contributed by atoms with E-state index >= 15 is 0 Å². The van der Waals surface area contributed by atoms with Gasteiger partial charge in [0.05, 0.1) is 10.5 Å². The van der Waals surface area contributed by atoms with E-state index in [-0.39, 0.29) is 30.3 Å². The summed E-state index contributed by atoms with van der Waals surface area (Å²) in [6.45, 7) is 6.33. The standard InChI is InChI=1S/C31H41F3N6O4S/c1-24(41)36-23-30(39-19-17-37(18-20-39)26-8-12-35-13-9-26)10-15-38(16-11-30)29(42)22-27-6-2-3-14-40(27)45(43,44)28-7-4-5-25(21-28)31(32,33)34/h4-5,7-9,12-13,21,27H,2-3,6,10-11,14-20,22-23H2,1H3,(H,36,41). The summed E-state index contributed by atoms with van der Waals surface area (Å²) in [6, 6.07) is 7.14. The molecular formula is C31H41F3N6O4S. The molecule has 1 aromatic heterocycles. The summed E-state index contributed by atoms with van der Waals surface area (Å²) in [5.74, 6) is -0.274. The number of alkyl halides is 3. The highest BCUT2D eigenvalue weighted by Gasteiger charge is 2.43. The van der Waals surface area contributed by atoms with E-state index < -0.39 is 32.7 Å². The van der Waals surface area contributed by atoms with Crippen LogP contribution >= 0.6 is 0 Å². The zero-order valence-electron chi connectivity index (χ0n) is 25.5. The predicted octanol–water partition coefficient (Wildman–Crippen LogP) is 3.35. The van der Waals surface area contributed by atoms with Crippen LogP contribution in [0.2, 0.25) is 0 Å². The van der Waals surface area contributed by atoms with E-state index in [4.69, 9.17) is 0 Å². The first kappa shape index (κ1) is 33.1. The molecule has 0 saturated carbocycles. The largest absolute Gasteiger partial charge is 0.416 e. The average Bonchev–Trinajstić information content (AvgIpc) is 3.04. The fourth-order valence-corrected chi connectivity index (χ4v) is 8.59. The van der Waals surface area contributed by atoms with Crippen molar-refractivity contribution in [2.75, 3.05) is 57.3 Å². The van der Waals surface area contributed by atoms with Gasteiger partial charge < -0.3 is 15.1 Å². The van der Waals surface area contributed by atoms with Crippen molar-refractivity contribution in [2.45, 2.75) is 68.1 Å². The molecular weight excluding hydrogens is 609 g/mol. The lowest BCUT2D eigenvalue weighted by Gasteiger charge is -2.52. The summed E-state index contributed by atoms with van der Waals surface area (Å²) in [5, 5.41) is 3.01. The SMILES string of the molecule is CC(=O)NCC1(N2CCN(c3ccncc3)CC2)CCN(C(=O)CC2CCCCN2S(=O)(=O)c2cccc(C(F)(F)F)c2)CC1. The fourth-order valence-electron chi connectivity index (χ4n) is 6.85. The van der Waals surface area contributed by atoms with Crippen LogP contribution in [0.5, 0.6) is 0 Å². The fraction of sp³-hybridized carbons (Fsp3) is 0.581. The van der Waals surface area contributed by atoms with Crippen LogP contribution in [0.3, 0.4) is 0 Å². The van der Waals surface area contributed by atoms with Gasteiger partial charge in [0.2, 0.25) is 21.8 Å². The Morgan fingerprint density at radius 3 is 2.31 bits per heavy atom. The van der Waals surface area contributed by atoms with E-state index in [0.29, 0.717) is 51.4 Å². The summed E-state index contributed by atoms with van der Waals surface area (Å²) in [7, 11) is -4.24. The number of benzene rings is 1. The zero-order valence-corrected chi connectivity index (χ0v) is 26.3. The maximum absolute atomic E-state index is 13.6. The number of sulfonamides is 1. The number of carbonyl (C=O) groups is 2. The molecule has 246 valence electrons. The van der Waals surface area contributed by atoms with E-state index in [9.17, 15) is 31.2 Å². The first-order valence-corrected chi connectivity index (χ1v) is 16.9. The molecule has 3 aliphatic heterocycles. The second kappa shape index (κ2) is 13.6. The minimum Gasteiger partial charge on any atom is -0.369 e. The number of nitrogens with one attached hydrogen (secondary N) is 1. The van der Waals surface area contributed by atoms with Gasteiger partial charge in [0, 0.05) is 95.4 Å². The van der Waals surface area contributed by atoms with Crippen LogP contribution in [0.25, 0.3) is 0 Å². The van der Waals surface area contributed by atoms with Crippen molar-refractivity contribution in [3.8, 4) is 0 Å². The van der Waals surface area contributed by atoms with Crippen molar-refractivity contribution in [3.63, 3.8) is 0 Å². The molecule has 1 atom stereocenters. The topological polar surface area (TPSA) is 106 Å². The third kappa shape index (κ3) is 7.60. The van der Waals surface area contributed by atoms with Crippen molar-refractivity contribution >= 4 is 27.5 Å². The molecule has 3 saturated heterocycles. The molecule has 14 heteroatoms. The highest BCUT2D eigenvalue weighted by molar-refractivity contribution is 7.89. The van der Waals surface area contributed by atoms with Gasteiger partial charge in [-0.25, -0.2) is 8.42 Å². The third-order valence-electron chi connectivity index (χ3n) is 9.44. The number of anilines is 1. The number of likely N-dealkylation sites (tertiary alicyclic amines) is 1. The molecule has 10 nitrogen and oxygen atoms in total. The summed E-state index contributed by atoms with van der Waals surface area (Å²) >= 11 is 0. The minimum atomic E-state index is -4.67. The van der Waals surface area contributed by atoms with Crippen molar-refractivity contribution in [3.05, 3.63) is 54.4 Å². The molecule has 4 heterocycles. The van der Waals surface area contributed by atoms with Crippen LogP contribution < -0.4 is 10.2 Å². The van der Waals surface area contributed by atoms with Crippen LogP contribution in [0, 0.1) is 0 Å². The molecule has 0 aliphatic carbocycles. The Morgan fingerprint density at radius 1 is 0.978 bits per heavy atom. The van der Waals surface area contributed by atoms with E-state index in [2.05, 4.69) is 20.1 Å². The van der Waals surface area contributed by atoms with Crippen molar-refractivity contribution in [2.24, 2.45) is 0 Å². The van der Waals surface area contributed by atoms with Crippen LogP contribution in [-0.4, -0.2) is 103 Å². The Bertz CT molecular complexity index is 1440. The molecule has 45 heavy (non-hydrogen) atoms.